The molecule has 2 bridgehead atoms. The zero-order chi connectivity index (χ0) is 29.3. The van der Waals surface area contributed by atoms with Crippen LogP contribution in [0.15, 0.2) is 52.3 Å². The molecule has 0 radical (unpaired) electrons. The van der Waals surface area contributed by atoms with Crippen LogP contribution in [0.3, 0.4) is 0 Å². The van der Waals surface area contributed by atoms with Gasteiger partial charge < -0.3 is 19.2 Å². The van der Waals surface area contributed by atoms with Crippen LogP contribution in [0.4, 0.5) is 10.1 Å². The topological polar surface area (TPSA) is 115 Å². The first-order valence-corrected chi connectivity index (χ1v) is 15.5. The van der Waals surface area contributed by atoms with Crippen molar-refractivity contribution in [3.63, 3.8) is 0 Å². The number of anilines is 1. The molecule has 2 aromatic carbocycles. The average Bonchev–Trinajstić information content (AvgIpc) is 3.71. The summed E-state index contributed by atoms with van der Waals surface area (Å²) in [7, 11) is 1.52. The van der Waals surface area contributed by atoms with Crippen molar-refractivity contribution in [1.29, 1.82) is 0 Å². The number of amides is 2. The number of aromatic nitrogens is 1. The van der Waals surface area contributed by atoms with Crippen LogP contribution in [0.2, 0.25) is 0 Å². The van der Waals surface area contributed by atoms with Crippen LogP contribution < -0.4 is 19.2 Å². The highest BCUT2D eigenvalue weighted by Gasteiger charge is 2.69. The van der Waals surface area contributed by atoms with E-state index in [-0.39, 0.29) is 58.8 Å². The van der Waals surface area contributed by atoms with Gasteiger partial charge in [0.25, 0.3) is 0 Å². The molecule has 1 N–H and O–H groups in total. The Bertz CT molecular complexity index is 1650. The van der Waals surface area contributed by atoms with Gasteiger partial charge in [-0.2, -0.15) is 0 Å². The van der Waals surface area contributed by atoms with Gasteiger partial charge in [-0.25, -0.2) is 9.18 Å². The Labute approximate surface area is 248 Å². The van der Waals surface area contributed by atoms with Crippen LogP contribution in [-0.2, 0) is 19.1 Å². The maximum atomic E-state index is 13.8. The lowest BCUT2D eigenvalue weighted by molar-refractivity contribution is -0.145. The molecule has 12 heteroatoms. The minimum Gasteiger partial charge on any atom is -0.493 e. The molecule has 42 heavy (non-hydrogen) atoms. The monoisotopic (exact) mass is 610 g/mol. The summed E-state index contributed by atoms with van der Waals surface area (Å²) in [6.07, 6.45) is 0.750. The molecular formula is C30H27FN2O7S2. The molecule has 2 amide bonds. The van der Waals surface area contributed by atoms with Gasteiger partial charge in [0.05, 0.1) is 36.3 Å². The van der Waals surface area contributed by atoms with Crippen molar-refractivity contribution < 1.29 is 33.0 Å². The Balaban J connectivity index is 1.25. The molecule has 2 aliphatic carbocycles. The SMILES string of the molecule is CCOC(=O)COc1ccc([C@H]2c3sc(=O)[nH]c3SC3C4CC(C5C(=O)N(c6ccc(F)cc6)C(=O)C45)C32)cc1OC. The van der Waals surface area contributed by atoms with Crippen molar-refractivity contribution >= 4 is 46.6 Å². The molecule has 9 nitrogen and oxygen atoms in total. The van der Waals surface area contributed by atoms with Crippen molar-refractivity contribution in [1.82, 2.24) is 4.98 Å². The fourth-order valence-corrected chi connectivity index (χ4v) is 10.5. The fraction of sp³-hybridized carbons (Fsp3) is 0.400. The number of nitrogens with zero attached hydrogens (tertiary/aromatic N) is 1. The highest BCUT2D eigenvalue weighted by molar-refractivity contribution is 8.00. The Hall–Kier alpha value is -3.64. The predicted molar refractivity (Wildman–Crippen MR) is 153 cm³/mol. The summed E-state index contributed by atoms with van der Waals surface area (Å²) in [5.74, 6) is -1.78. The second-order valence-electron chi connectivity index (χ2n) is 11.0. The number of H-pyrrole nitrogens is 1. The van der Waals surface area contributed by atoms with Crippen LogP contribution in [-0.4, -0.2) is 48.3 Å². The molecule has 3 heterocycles. The first kappa shape index (κ1) is 27.2. The largest absolute Gasteiger partial charge is 0.493 e. The molecule has 6 unspecified atom stereocenters. The number of methoxy groups -OCH3 is 1. The van der Waals surface area contributed by atoms with Gasteiger partial charge >= 0.3 is 10.8 Å². The molecule has 218 valence electrons. The molecular weight excluding hydrogens is 583 g/mol. The van der Waals surface area contributed by atoms with Crippen molar-refractivity contribution in [2.75, 3.05) is 25.2 Å². The highest BCUT2D eigenvalue weighted by Crippen LogP contribution is 2.68. The number of hydrogen-bond acceptors (Lipinski definition) is 9. The molecule has 3 aromatic rings. The van der Waals surface area contributed by atoms with Gasteiger partial charge in [0.2, 0.25) is 11.8 Å². The van der Waals surface area contributed by atoms with Gasteiger partial charge in [0.15, 0.2) is 18.1 Å². The first-order chi connectivity index (χ1) is 20.3. The standard InChI is InChI=1S/C30H27FN2O7S2/c1-3-39-20(34)12-40-18-9-4-13(10-19(18)38-2)21-22-16-11-17(25(22)41-27-26(21)42-30(37)32-27)24-23(16)28(35)33(29(24)36)15-7-5-14(31)6-8-15/h4-10,16-17,21-25H,3,11-12H2,1-2H3,(H,32,37)/t16?,17?,21-,22?,23?,24?,25?/m1/s1. The van der Waals surface area contributed by atoms with E-state index in [0.717, 1.165) is 21.9 Å². The van der Waals surface area contributed by atoms with Crippen molar-refractivity contribution in [2.24, 2.45) is 29.6 Å². The number of halogens is 1. The number of fused-ring (bicyclic) bond motifs is 9. The number of imide groups is 1. The van der Waals surface area contributed by atoms with E-state index in [2.05, 4.69) is 4.98 Å². The summed E-state index contributed by atoms with van der Waals surface area (Å²) >= 11 is 2.78. The lowest BCUT2D eigenvalue weighted by Gasteiger charge is -2.43. The smallest absolute Gasteiger partial charge is 0.344 e. The number of carbonyl (C=O) groups excluding carboxylic acids is 3. The molecule has 1 saturated heterocycles. The minimum atomic E-state index is -0.487. The third kappa shape index (κ3) is 4.10. The Morgan fingerprint density at radius 3 is 2.50 bits per heavy atom. The molecule has 2 aliphatic heterocycles. The Kier molecular flexibility index (Phi) is 6.65. The van der Waals surface area contributed by atoms with Crippen LogP contribution >= 0.6 is 23.1 Å². The van der Waals surface area contributed by atoms with E-state index >= 15 is 0 Å². The summed E-state index contributed by atoms with van der Waals surface area (Å²) < 4.78 is 29.9. The molecule has 4 aliphatic rings. The molecule has 2 saturated carbocycles. The fourth-order valence-electron chi connectivity index (χ4n) is 7.57. The number of nitrogens with one attached hydrogen (secondary N) is 1. The number of carbonyl (C=O) groups is 3. The first-order valence-electron chi connectivity index (χ1n) is 13.8. The summed E-state index contributed by atoms with van der Waals surface area (Å²) in [6.45, 7) is 1.72. The van der Waals surface area contributed by atoms with Crippen LogP contribution in [0.5, 0.6) is 11.5 Å². The van der Waals surface area contributed by atoms with E-state index in [1.165, 1.54) is 47.6 Å². The van der Waals surface area contributed by atoms with E-state index in [1.807, 2.05) is 12.1 Å². The maximum Gasteiger partial charge on any atom is 0.344 e. The van der Waals surface area contributed by atoms with Gasteiger partial charge in [-0.1, -0.05) is 17.4 Å². The Morgan fingerprint density at radius 2 is 1.79 bits per heavy atom. The van der Waals surface area contributed by atoms with Crippen LogP contribution in [0.25, 0.3) is 0 Å². The second-order valence-corrected chi connectivity index (χ2v) is 13.2. The number of ether oxygens (including phenoxy) is 3. The zero-order valence-corrected chi connectivity index (χ0v) is 24.3. The van der Waals surface area contributed by atoms with Gasteiger partial charge in [0, 0.05) is 16.0 Å². The third-order valence-electron chi connectivity index (χ3n) is 9.01. The summed E-state index contributed by atoms with van der Waals surface area (Å²) in [5.41, 5.74) is 1.29. The molecule has 1 aromatic heterocycles. The molecule has 7 atom stereocenters. The van der Waals surface area contributed by atoms with Crippen LogP contribution in [0.1, 0.15) is 29.7 Å². The van der Waals surface area contributed by atoms with Crippen molar-refractivity contribution in [3.05, 3.63) is 68.4 Å². The number of esters is 1. The minimum absolute atomic E-state index is 0.00104. The predicted octanol–water partition coefficient (Wildman–Crippen LogP) is 4.20. The van der Waals surface area contributed by atoms with Gasteiger partial charge in [-0.15, -0.1) is 11.8 Å². The van der Waals surface area contributed by atoms with E-state index < -0.39 is 23.6 Å². The van der Waals surface area contributed by atoms with E-state index in [9.17, 15) is 23.6 Å². The average molecular weight is 611 g/mol. The number of aromatic amines is 1. The third-order valence-corrected chi connectivity index (χ3v) is 11.6. The highest BCUT2D eigenvalue weighted by atomic mass is 32.2. The lowest BCUT2D eigenvalue weighted by atomic mass is 9.68. The van der Waals surface area contributed by atoms with E-state index in [0.29, 0.717) is 17.2 Å². The molecule has 7 rings (SSSR count). The molecule has 3 fully saturated rings. The maximum absolute atomic E-state index is 13.8. The number of hydrogen-bond donors (Lipinski definition) is 1. The summed E-state index contributed by atoms with van der Waals surface area (Å²) in [6, 6.07) is 11.0. The zero-order valence-electron chi connectivity index (χ0n) is 22.7. The quantitative estimate of drug-likeness (QED) is 0.313. The number of thioether (sulfide) groups is 1. The van der Waals surface area contributed by atoms with Crippen LogP contribution in [0, 0.1) is 35.4 Å². The van der Waals surface area contributed by atoms with E-state index in [4.69, 9.17) is 14.2 Å². The van der Waals surface area contributed by atoms with Gasteiger partial charge in [0.1, 0.15) is 5.82 Å². The lowest BCUT2D eigenvalue weighted by Crippen LogP contribution is -2.42. The summed E-state index contributed by atoms with van der Waals surface area (Å²) in [5, 5.41) is 0.823. The number of thiazole rings is 1. The second kappa shape index (κ2) is 10.3. The van der Waals surface area contributed by atoms with E-state index in [1.54, 1.807) is 24.8 Å². The number of rotatable bonds is 7. The van der Waals surface area contributed by atoms with Crippen molar-refractivity contribution in [2.45, 2.75) is 29.5 Å². The summed E-state index contributed by atoms with van der Waals surface area (Å²) in [4.78, 5) is 56.9. The molecule has 0 spiro atoms. The van der Waals surface area contributed by atoms with Gasteiger partial charge in [-0.3, -0.25) is 19.3 Å². The number of benzene rings is 2. The van der Waals surface area contributed by atoms with Gasteiger partial charge in [-0.05, 0) is 73.1 Å². The normalized spacial score (nSPS) is 28.8. The Morgan fingerprint density at radius 1 is 1.05 bits per heavy atom. The van der Waals surface area contributed by atoms with Crippen molar-refractivity contribution in [3.8, 4) is 11.5 Å².